The number of H-pyrrole nitrogens is 1. The average molecular weight is 483 g/mol. The number of carbonyl (C=O) groups is 1. The molecule has 0 bridgehead atoms. The number of nitrogens with zero attached hydrogens (tertiary/aromatic N) is 4. The molecule has 1 amide bonds. The van der Waals surface area contributed by atoms with Crippen LogP contribution in [0.25, 0.3) is 22.4 Å². The van der Waals surface area contributed by atoms with Crippen molar-refractivity contribution in [2.24, 2.45) is 0 Å². The van der Waals surface area contributed by atoms with Gasteiger partial charge >= 0.3 is 0 Å². The predicted molar refractivity (Wildman–Crippen MR) is 133 cm³/mol. The number of nitrogens with one attached hydrogen (secondary N) is 2. The first-order chi connectivity index (χ1) is 16.5. The first-order valence-electron chi connectivity index (χ1n) is 11.6. The number of pyridine rings is 1. The molecule has 2 N–H and O–H groups in total. The van der Waals surface area contributed by atoms with Crippen molar-refractivity contribution < 1.29 is 9.18 Å². The van der Waals surface area contributed by atoms with E-state index in [0.717, 1.165) is 24.6 Å². The summed E-state index contributed by atoms with van der Waals surface area (Å²) in [4.78, 5) is 30.2. The van der Waals surface area contributed by atoms with Gasteiger partial charge in [-0.15, -0.1) is 0 Å². The topological polar surface area (TPSA) is 86.8 Å². The fourth-order valence-electron chi connectivity index (χ4n) is 4.13. The number of halogens is 2. The van der Waals surface area contributed by atoms with Gasteiger partial charge in [-0.3, -0.25) is 4.79 Å². The SMILES string of the molecule is CCCCC(C[C@@H]1C=CC=CN1C(=O)CC)Nc1nc(-c2c[nH]c3ncc(Cl)cc23)ncc1F. The van der Waals surface area contributed by atoms with Gasteiger partial charge in [0.1, 0.15) is 5.65 Å². The van der Waals surface area contributed by atoms with E-state index in [1.165, 1.54) is 6.20 Å². The number of anilines is 1. The number of fused-ring (bicyclic) bond motifs is 1. The molecule has 4 rings (SSSR count). The minimum absolute atomic E-state index is 0.0574. The van der Waals surface area contributed by atoms with Crippen molar-refractivity contribution in [1.29, 1.82) is 0 Å². The molecule has 178 valence electrons. The lowest BCUT2D eigenvalue weighted by molar-refractivity contribution is -0.129. The zero-order valence-corrected chi connectivity index (χ0v) is 20.0. The monoisotopic (exact) mass is 482 g/mol. The summed E-state index contributed by atoms with van der Waals surface area (Å²) in [7, 11) is 0. The van der Waals surface area contributed by atoms with Crippen LogP contribution in [-0.4, -0.2) is 42.8 Å². The van der Waals surface area contributed by atoms with Crippen LogP contribution >= 0.6 is 11.6 Å². The second-order valence-electron chi connectivity index (χ2n) is 8.31. The molecule has 1 aliphatic rings. The average Bonchev–Trinajstić information content (AvgIpc) is 3.26. The first-order valence-corrected chi connectivity index (χ1v) is 12.0. The molecule has 2 atom stereocenters. The van der Waals surface area contributed by atoms with Crippen molar-refractivity contribution in [2.45, 2.75) is 58.0 Å². The highest BCUT2D eigenvalue weighted by molar-refractivity contribution is 6.31. The number of allylic oxidation sites excluding steroid dienone is 2. The van der Waals surface area contributed by atoms with Crippen LogP contribution in [0.4, 0.5) is 10.2 Å². The lowest BCUT2D eigenvalue weighted by Crippen LogP contribution is -2.39. The van der Waals surface area contributed by atoms with E-state index in [-0.39, 0.29) is 23.8 Å². The van der Waals surface area contributed by atoms with Gasteiger partial charge < -0.3 is 15.2 Å². The Hall–Kier alpha value is -3.26. The normalized spacial score (nSPS) is 16.2. The van der Waals surface area contributed by atoms with Crippen molar-refractivity contribution in [3.8, 4) is 11.4 Å². The summed E-state index contributed by atoms with van der Waals surface area (Å²) >= 11 is 6.12. The number of hydrogen-bond donors (Lipinski definition) is 2. The van der Waals surface area contributed by atoms with Gasteiger partial charge in [0.15, 0.2) is 17.5 Å². The third-order valence-electron chi connectivity index (χ3n) is 5.89. The van der Waals surface area contributed by atoms with Crippen LogP contribution in [0.2, 0.25) is 5.02 Å². The lowest BCUT2D eigenvalue weighted by atomic mass is 9.98. The standard InChI is InChI=1S/C25H28ClFN6O/c1-3-5-8-17(12-18-9-6-7-10-33(18)22(34)4-2)31-25-21(27)15-30-24(32-25)20-14-29-23-19(20)11-16(26)13-28-23/h6-7,9-11,13-15,17-18H,3-5,8,12H2,1-2H3,(H,28,29)(H,30,31,32)/t17?,18-/m0/s1. The Morgan fingerprint density at radius 2 is 2.15 bits per heavy atom. The molecular formula is C25H28ClFN6O. The molecule has 0 aliphatic carbocycles. The van der Waals surface area contributed by atoms with Gasteiger partial charge in [0.05, 0.1) is 17.3 Å². The highest BCUT2D eigenvalue weighted by Crippen LogP contribution is 2.29. The molecule has 1 aliphatic heterocycles. The number of unbranched alkanes of at least 4 members (excludes halogenated alkanes) is 1. The van der Waals surface area contributed by atoms with Gasteiger partial charge in [0.2, 0.25) is 5.91 Å². The molecule has 9 heteroatoms. The molecule has 3 aromatic heterocycles. The molecule has 0 aromatic carbocycles. The number of hydrogen-bond acceptors (Lipinski definition) is 5. The molecule has 34 heavy (non-hydrogen) atoms. The Kier molecular flexibility index (Phi) is 7.57. The fourth-order valence-corrected chi connectivity index (χ4v) is 4.28. The van der Waals surface area contributed by atoms with Crippen LogP contribution in [0.5, 0.6) is 0 Å². The highest BCUT2D eigenvalue weighted by Gasteiger charge is 2.25. The van der Waals surface area contributed by atoms with Gasteiger partial charge in [0.25, 0.3) is 0 Å². The Balaban J connectivity index is 1.60. The maximum Gasteiger partial charge on any atom is 0.226 e. The smallest absolute Gasteiger partial charge is 0.226 e. The van der Waals surface area contributed by atoms with Gasteiger partial charge in [0, 0.05) is 42.0 Å². The number of rotatable bonds is 9. The second-order valence-corrected chi connectivity index (χ2v) is 8.75. The minimum atomic E-state index is -0.526. The molecule has 0 radical (unpaired) electrons. The molecule has 0 saturated carbocycles. The van der Waals surface area contributed by atoms with Crippen molar-refractivity contribution in [3.63, 3.8) is 0 Å². The van der Waals surface area contributed by atoms with Gasteiger partial charge in [-0.1, -0.05) is 50.4 Å². The largest absolute Gasteiger partial charge is 0.365 e. The van der Waals surface area contributed by atoms with Crippen molar-refractivity contribution in [1.82, 2.24) is 24.8 Å². The zero-order chi connectivity index (χ0) is 24.1. The molecule has 1 unspecified atom stereocenters. The van der Waals surface area contributed by atoms with E-state index in [4.69, 9.17) is 11.6 Å². The van der Waals surface area contributed by atoms with E-state index in [1.54, 1.807) is 23.4 Å². The third kappa shape index (κ3) is 5.28. The summed E-state index contributed by atoms with van der Waals surface area (Å²) in [5, 5.41) is 4.55. The molecule has 0 spiro atoms. The Labute approximate surface area is 203 Å². The quantitative estimate of drug-likeness (QED) is 0.398. The van der Waals surface area contributed by atoms with E-state index in [1.807, 2.05) is 31.4 Å². The Bertz CT molecular complexity index is 1220. The van der Waals surface area contributed by atoms with Crippen LogP contribution in [-0.2, 0) is 4.79 Å². The maximum atomic E-state index is 14.8. The molecule has 7 nitrogen and oxygen atoms in total. The van der Waals surface area contributed by atoms with Crippen molar-refractivity contribution in [2.75, 3.05) is 5.32 Å². The Morgan fingerprint density at radius 1 is 1.29 bits per heavy atom. The number of amides is 1. The van der Waals surface area contributed by atoms with E-state index >= 15 is 0 Å². The van der Waals surface area contributed by atoms with Gasteiger partial charge in [-0.05, 0) is 25.0 Å². The van der Waals surface area contributed by atoms with E-state index in [9.17, 15) is 9.18 Å². The summed E-state index contributed by atoms with van der Waals surface area (Å²) in [6.45, 7) is 3.97. The number of carbonyl (C=O) groups excluding carboxylic acids is 1. The maximum absolute atomic E-state index is 14.8. The number of aromatic nitrogens is 4. The van der Waals surface area contributed by atoms with E-state index in [2.05, 4.69) is 32.2 Å². The molecular weight excluding hydrogens is 455 g/mol. The summed E-state index contributed by atoms with van der Waals surface area (Å²) in [6.07, 6.45) is 16.0. The molecule has 0 fully saturated rings. The summed E-state index contributed by atoms with van der Waals surface area (Å²) in [6, 6.07) is 1.60. The molecule has 3 aromatic rings. The van der Waals surface area contributed by atoms with E-state index < -0.39 is 5.82 Å². The fraction of sp³-hybridized carbons (Fsp3) is 0.360. The summed E-state index contributed by atoms with van der Waals surface area (Å²) in [5.74, 6) is 0.0413. The minimum Gasteiger partial charge on any atom is -0.365 e. The predicted octanol–water partition coefficient (Wildman–Crippen LogP) is 5.86. The molecule has 0 saturated heterocycles. The van der Waals surface area contributed by atoms with Crippen molar-refractivity contribution in [3.05, 3.63) is 59.9 Å². The third-order valence-corrected chi connectivity index (χ3v) is 6.10. The van der Waals surface area contributed by atoms with Crippen LogP contribution in [0.3, 0.4) is 0 Å². The lowest BCUT2D eigenvalue weighted by Gasteiger charge is -2.32. The summed E-state index contributed by atoms with van der Waals surface area (Å²) in [5.41, 5.74) is 1.35. The first kappa shape index (κ1) is 23.9. The van der Waals surface area contributed by atoms with Crippen molar-refractivity contribution >= 4 is 34.4 Å². The highest BCUT2D eigenvalue weighted by atomic mass is 35.5. The second kappa shape index (κ2) is 10.8. The van der Waals surface area contributed by atoms with Crippen LogP contribution in [0.1, 0.15) is 46.0 Å². The van der Waals surface area contributed by atoms with Crippen LogP contribution in [0.15, 0.2) is 49.1 Å². The van der Waals surface area contributed by atoms with E-state index in [0.29, 0.717) is 34.9 Å². The number of aromatic amines is 1. The Morgan fingerprint density at radius 3 is 2.94 bits per heavy atom. The van der Waals surface area contributed by atoms with Gasteiger partial charge in [-0.25, -0.2) is 19.3 Å². The van der Waals surface area contributed by atoms with Crippen LogP contribution < -0.4 is 5.32 Å². The zero-order valence-electron chi connectivity index (χ0n) is 19.3. The molecule has 4 heterocycles. The van der Waals surface area contributed by atoms with Gasteiger partial charge in [-0.2, -0.15) is 0 Å². The summed E-state index contributed by atoms with van der Waals surface area (Å²) < 4.78 is 14.8. The van der Waals surface area contributed by atoms with Crippen LogP contribution in [0, 0.1) is 5.82 Å².